The number of amides is 2. The van der Waals surface area contributed by atoms with Gasteiger partial charge in [0, 0.05) is 19.1 Å². The second-order valence-corrected chi connectivity index (χ2v) is 6.55. The molecule has 4 nitrogen and oxygen atoms in total. The summed E-state index contributed by atoms with van der Waals surface area (Å²) in [6, 6.07) is 21.7. The molecule has 0 aromatic heterocycles. The number of nitrogens with zero attached hydrogens (tertiary/aromatic N) is 1. The third-order valence-electron chi connectivity index (χ3n) is 4.95. The second-order valence-electron chi connectivity index (χ2n) is 6.55. The topological polar surface area (TPSA) is 49.4 Å². The normalized spacial score (nSPS) is 14.7. The molecule has 2 amide bonds. The molecular formula is C22H20N2O2. The quantitative estimate of drug-likeness (QED) is 0.717. The van der Waals surface area contributed by atoms with E-state index in [0.717, 1.165) is 0 Å². The minimum atomic E-state index is -0.204. The Bertz CT molecular complexity index is 956. The van der Waals surface area contributed by atoms with Gasteiger partial charge in [-0.15, -0.1) is 0 Å². The van der Waals surface area contributed by atoms with Gasteiger partial charge in [0.05, 0.1) is 11.1 Å². The fourth-order valence-corrected chi connectivity index (χ4v) is 3.57. The Hall–Kier alpha value is -2.98. The molecule has 26 heavy (non-hydrogen) atoms. The molecule has 0 bridgehead atoms. The highest BCUT2D eigenvalue weighted by atomic mass is 16.2. The zero-order valence-electron chi connectivity index (χ0n) is 14.6. The molecule has 3 aromatic carbocycles. The summed E-state index contributed by atoms with van der Waals surface area (Å²) in [5, 5.41) is 5.87. The molecule has 130 valence electrons. The summed E-state index contributed by atoms with van der Waals surface area (Å²) in [5.74, 6) is -0.407. The molecule has 1 N–H and O–H groups in total. The van der Waals surface area contributed by atoms with E-state index in [1.165, 1.54) is 21.2 Å². The van der Waals surface area contributed by atoms with Gasteiger partial charge in [-0.3, -0.25) is 14.5 Å². The van der Waals surface area contributed by atoms with Crippen molar-refractivity contribution in [3.63, 3.8) is 0 Å². The van der Waals surface area contributed by atoms with Crippen LogP contribution < -0.4 is 5.32 Å². The minimum absolute atomic E-state index is 0.122. The van der Waals surface area contributed by atoms with Crippen molar-refractivity contribution < 1.29 is 9.59 Å². The van der Waals surface area contributed by atoms with E-state index >= 15 is 0 Å². The smallest absolute Gasteiger partial charge is 0.261 e. The van der Waals surface area contributed by atoms with Crippen molar-refractivity contribution >= 4 is 22.6 Å². The summed E-state index contributed by atoms with van der Waals surface area (Å²) in [4.78, 5) is 26.1. The Labute approximate surface area is 152 Å². The summed E-state index contributed by atoms with van der Waals surface area (Å²) in [6.07, 6.45) is 0. The number of hydrogen-bond donors (Lipinski definition) is 1. The molecule has 0 fully saturated rings. The van der Waals surface area contributed by atoms with Crippen molar-refractivity contribution in [2.45, 2.75) is 13.0 Å². The summed E-state index contributed by atoms with van der Waals surface area (Å²) >= 11 is 0. The molecule has 0 unspecified atom stereocenters. The van der Waals surface area contributed by atoms with Crippen molar-refractivity contribution in [1.82, 2.24) is 10.2 Å². The van der Waals surface area contributed by atoms with Crippen molar-refractivity contribution in [3.05, 3.63) is 83.4 Å². The van der Waals surface area contributed by atoms with Crippen LogP contribution in [0.3, 0.4) is 0 Å². The summed E-state index contributed by atoms with van der Waals surface area (Å²) in [5.41, 5.74) is 2.21. The number of carbonyl (C=O) groups is 2. The Morgan fingerprint density at radius 2 is 1.46 bits per heavy atom. The monoisotopic (exact) mass is 344 g/mol. The lowest BCUT2D eigenvalue weighted by Gasteiger charge is -2.19. The lowest BCUT2D eigenvalue weighted by atomic mass is 10.00. The number of benzene rings is 3. The zero-order valence-corrected chi connectivity index (χ0v) is 14.6. The lowest BCUT2D eigenvalue weighted by Crippen LogP contribution is -2.37. The summed E-state index contributed by atoms with van der Waals surface area (Å²) in [6.45, 7) is 3.02. The highest BCUT2D eigenvalue weighted by Gasteiger charge is 2.34. The molecule has 0 saturated heterocycles. The van der Waals surface area contributed by atoms with Crippen LogP contribution in [0.1, 0.15) is 39.2 Å². The first-order valence-corrected chi connectivity index (χ1v) is 8.83. The molecule has 0 saturated carbocycles. The van der Waals surface area contributed by atoms with Crippen molar-refractivity contribution in [3.8, 4) is 0 Å². The first-order valence-electron chi connectivity index (χ1n) is 8.83. The zero-order chi connectivity index (χ0) is 18.1. The molecular weight excluding hydrogens is 324 g/mol. The van der Waals surface area contributed by atoms with Gasteiger partial charge in [-0.1, -0.05) is 54.6 Å². The van der Waals surface area contributed by atoms with E-state index in [4.69, 9.17) is 0 Å². The van der Waals surface area contributed by atoms with E-state index in [0.29, 0.717) is 24.2 Å². The van der Waals surface area contributed by atoms with Gasteiger partial charge in [0.15, 0.2) is 0 Å². The Balaban J connectivity index is 1.44. The molecule has 1 atom stereocenters. The van der Waals surface area contributed by atoms with Gasteiger partial charge >= 0.3 is 0 Å². The predicted octanol–water partition coefficient (Wildman–Crippen LogP) is 3.79. The maximum absolute atomic E-state index is 12.4. The number of imide groups is 1. The van der Waals surface area contributed by atoms with E-state index in [-0.39, 0.29) is 17.9 Å². The van der Waals surface area contributed by atoms with Crippen LogP contribution >= 0.6 is 0 Å². The standard InChI is InChI=1S/C22H20N2O2/c1-15(17-12-6-8-16-7-2-3-9-18(16)17)23-13-14-24-21(25)19-10-4-5-11-20(19)22(24)26/h2-12,15,23H,13-14H2,1H3/t15-/m1/s1. The highest BCUT2D eigenvalue weighted by molar-refractivity contribution is 6.21. The Morgan fingerprint density at radius 3 is 2.19 bits per heavy atom. The maximum atomic E-state index is 12.4. The van der Waals surface area contributed by atoms with E-state index in [9.17, 15) is 9.59 Å². The average molecular weight is 344 g/mol. The van der Waals surface area contributed by atoms with E-state index in [1.54, 1.807) is 24.3 Å². The van der Waals surface area contributed by atoms with Crippen molar-refractivity contribution in [2.75, 3.05) is 13.1 Å². The van der Waals surface area contributed by atoms with Crippen LogP contribution in [-0.2, 0) is 0 Å². The first kappa shape index (κ1) is 16.5. The van der Waals surface area contributed by atoms with Crippen molar-refractivity contribution in [1.29, 1.82) is 0 Å². The molecule has 4 heteroatoms. The Morgan fingerprint density at radius 1 is 0.846 bits per heavy atom. The van der Waals surface area contributed by atoms with Gasteiger partial charge < -0.3 is 5.32 Å². The average Bonchev–Trinajstić information content (AvgIpc) is 2.92. The van der Waals surface area contributed by atoms with Gasteiger partial charge in [-0.2, -0.15) is 0 Å². The number of fused-ring (bicyclic) bond motifs is 2. The Kier molecular flexibility index (Phi) is 4.27. The third kappa shape index (κ3) is 2.78. The van der Waals surface area contributed by atoms with Gasteiger partial charge in [0.2, 0.25) is 0 Å². The summed E-state index contributed by atoms with van der Waals surface area (Å²) < 4.78 is 0. The van der Waals surface area contributed by atoms with Crippen LogP contribution in [0.15, 0.2) is 66.7 Å². The number of hydrogen-bond acceptors (Lipinski definition) is 3. The van der Waals surface area contributed by atoms with Crippen LogP contribution in [-0.4, -0.2) is 29.8 Å². The highest BCUT2D eigenvalue weighted by Crippen LogP contribution is 2.24. The predicted molar refractivity (Wildman–Crippen MR) is 102 cm³/mol. The van der Waals surface area contributed by atoms with Crippen LogP contribution in [0.4, 0.5) is 0 Å². The van der Waals surface area contributed by atoms with E-state index in [1.807, 2.05) is 12.1 Å². The van der Waals surface area contributed by atoms with Crippen LogP contribution in [0, 0.1) is 0 Å². The second kappa shape index (κ2) is 6.73. The van der Waals surface area contributed by atoms with Crippen LogP contribution in [0.25, 0.3) is 10.8 Å². The lowest BCUT2D eigenvalue weighted by molar-refractivity contribution is 0.0654. The van der Waals surface area contributed by atoms with E-state index in [2.05, 4.69) is 42.6 Å². The molecule has 0 spiro atoms. The molecule has 0 radical (unpaired) electrons. The van der Waals surface area contributed by atoms with Gasteiger partial charge in [-0.05, 0) is 35.4 Å². The van der Waals surface area contributed by atoms with Crippen molar-refractivity contribution in [2.24, 2.45) is 0 Å². The number of rotatable bonds is 5. The largest absolute Gasteiger partial charge is 0.308 e. The van der Waals surface area contributed by atoms with Crippen LogP contribution in [0.5, 0.6) is 0 Å². The fraction of sp³-hybridized carbons (Fsp3) is 0.182. The fourth-order valence-electron chi connectivity index (χ4n) is 3.57. The molecule has 4 rings (SSSR count). The molecule has 1 aliphatic heterocycles. The van der Waals surface area contributed by atoms with E-state index < -0.39 is 0 Å². The SMILES string of the molecule is C[C@@H](NCCN1C(=O)c2ccccc2C1=O)c1cccc2ccccc12. The molecule has 3 aromatic rings. The third-order valence-corrected chi connectivity index (χ3v) is 4.95. The van der Waals surface area contributed by atoms with Gasteiger partial charge in [-0.25, -0.2) is 0 Å². The molecule has 1 heterocycles. The maximum Gasteiger partial charge on any atom is 0.261 e. The van der Waals surface area contributed by atoms with Gasteiger partial charge in [0.1, 0.15) is 0 Å². The minimum Gasteiger partial charge on any atom is -0.308 e. The molecule has 1 aliphatic rings. The van der Waals surface area contributed by atoms with Crippen LogP contribution in [0.2, 0.25) is 0 Å². The van der Waals surface area contributed by atoms with Gasteiger partial charge in [0.25, 0.3) is 11.8 Å². The first-order chi connectivity index (χ1) is 12.7. The number of nitrogens with one attached hydrogen (secondary N) is 1. The molecule has 0 aliphatic carbocycles. The number of carbonyl (C=O) groups excluding carboxylic acids is 2. The summed E-state index contributed by atoms with van der Waals surface area (Å²) in [7, 11) is 0.